The number of rotatable bonds is 4. The van der Waals surface area contributed by atoms with Gasteiger partial charge in [-0.25, -0.2) is 24.2 Å². The van der Waals surface area contributed by atoms with Gasteiger partial charge in [-0.1, -0.05) is 17.7 Å². The Balaban J connectivity index is 2.33. The molecule has 1 aromatic heterocycles. The molecule has 0 bridgehead atoms. The van der Waals surface area contributed by atoms with E-state index in [9.17, 15) is 8.42 Å². The molecular formula is C10H9BrClN5O2S. The molecule has 0 saturated heterocycles. The maximum absolute atomic E-state index is 12.2. The number of nitrogens with zero attached hydrogens (tertiary/aromatic N) is 2. The highest BCUT2D eigenvalue weighted by atomic mass is 79.9. The summed E-state index contributed by atoms with van der Waals surface area (Å²) < 4.78 is 27.2. The van der Waals surface area contributed by atoms with Gasteiger partial charge >= 0.3 is 0 Å². The van der Waals surface area contributed by atoms with Gasteiger partial charge in [0.25, 0.3) is 10.0 Å². The smallest absolute Gasteiger partial charge is 0.265 e. The second-order valence-electron chi connectivity index (χ2n) is 3.59. The minimum atomic E-state index is -3.81. The Bertz CT molecular complexity index is 723. The van der Waals surface area contributed by atoms with Crippen LogP contribution in [-0.2, 0) is 10.0 Å². The number of nitrogen functional groups attached to an aromatic ring is 1. The maximum Gasteiger partial charge on any atom is 0.265 e. The maximum atomic E-state index is 12.2. The van der Waals surface area contributed by atoms with Gasteiger partial charge in [-0.3, -0.25) is 10.1 Å². The van der Waals surface area contributed by atoms with Crippen LogP contribution >= 0.6 is 27.5 Å². The van der Waals surface area contributed by atoms with E-state index in [1.54, 1.807) is 18.2 Å². The fourth-order valence-electron chi connectivity index (χ4n) is 1.32. The van der Waals surface area contributed by atoms with Gasteiger partial charge in [0.05, 0.1) is 27.6 Å². The summed E-state index contributed by atoms with van der Waals surface area (Å²) in [5.74, 6) is 5.23. The minimum Gasteiger partial charge on any atom is -0.292 e. The van der Waals surface area contributed by atoms with Crippen LogP contribution in [0.15, 0.2) is 40.0 Å². The number of nitrogens with two attached hydrogens (primary N) is 1. The van der Waals surface area contributed by atoms with Gasteiger partial charge in [0.2, 0.25) is 5.95 Å². The van der Waals surface area contributed by atoms with E-state index in [1.807, 2.05) is 0 Å². The molecule has 2 aromatic rings. The lowest BCUT2D eigenvalue weighted by molar-refractivity contribution is 0.600. The van der Waals surface area contributed by atoms with Crippen LogP contribution in [-0.4, -0.2) is 18.4 Å². The lowest BCUT2D eigenvalue weighted by Gasteiger charge is -2.10. The molecule has 20 heavy (non-hydrogen) atoms. The number of hydrogen-bond donors (Lipinski definition) is 3. The summed E-state index contributed by atoms with van der Waals surface area (Å²) in [7, 11) is -3.81. The summed E-state index contributed by atoms with van der Waals surface area (Å²) in [6.07, 6.45) is 2.28. The third-order valence-electron chi connectivity index (χ3n) is 2.26. The predicted octanol–water partition coefficient (Wildman–Crippen LogP) is 1.98. The summed E-state index contributed by atoms with van der Waals surface area (Å²) in [6.45, 7) is 0. The first-order valence-electron chi connectivity index (χ1n) is 5.19. The van der Waals surface area contributed by atoms with Crippen molar-refractivity contribution < 1.29 is 8.42 Å². The summed E-state index contributed by atoms with van der Waals surface area (Å²) in [4.78, 5) is 7.39. The molecule has 0 radical (unpaired) electrons. The largest absolute Gasteiger partial charge is 0.292 e. The SMILES string of the molecule is NNc1ncc(S(=O)(=O)Nc2cccc(Cl)c2Br)cn1. The van der Waals surface area contributed by atoms with Crippen LogP contribution in [0.5, 0.6) is 0 Å². The molecule has 0 unspecified atom stereocenters. The van der Waals surface area contributed by atoms with Crippen LogP contribution in [0, 0.1) is 0 Å². The molecule has 0 atom stereocenters. The van der Waals surface area contributed by atoms with Crippen molar-refractivity contribution in [3.63, 3.8) is 0 Å². The summed E-state index contributed by atoms with van der Waals surface area (Å²) in [5.41, 5.74) is 2.53. The number of anilines is 2. The number of hydrazine groups is 1. The monoisotopic (exact) mass is 377 g/mol. The average Bonchev–Trinajstić information content (AvgIpc) is 2.44. The van der Waals surface area contributed by atoms with Gasteiger partial charge in [-0.05, 0) is 28.1 Å². The Morgan fingerprint density at radius 2 is 1.90 bits per heavy atom. The first-order valence-corrected chi connectivity index (χ1v) is 7.85. The van der Waals surface area contributed by atoms with Crippen LogP contribution in [0.25, 0.3) is 0 Å². The van der Waals surface area contributed by atoms with Crippen molar-refractivity contribution in [3.05, 3.63) is 40.1 Å². The second-order valence-corrected chi connectivity index (χ2v) is 6.48. The molecule has 1 aromatic carbocycles. The topological polar surface area (TPSA) is 110 Å². The van der Waals surface area contributed by atoms with Crippen molar-refractivity contribution in [2.75, 3.05) is 10.1 Å². The molecule has 0 aliphatic heterocycles. The zero-order valence-corrected chi connectivity index (χ0v) is 13.0. The number of benzene rings is 1. The summed E-state index contributed by atoms with van der Waals surface area (Å²) in [5, 5.41) is 0.393. The van der Waals surface area contributed by atoms with Crippen molar-refractivity contribution in [3.8, 4) is 0 Å². The number of halogens is 2. The fraction of sp³-hybridized carbons (Fsp3) is 0. The highest BCUT2D eigenvalue weighted by molar-refractivity contribution is 9.10. The van der Waals surface area contributed by atoms with Crippen molar-refractivity contribution in [2.24, 2.45) is 5.84 Å². The van der Waals surface area contributed by atoms with E-state index in [4.69, 9.17) is 17.4 Å². The Hall–Kier alpha value is -1.42. The molecule has 0 aliphatic carbocycles. The van der Waals surface area contributed by atoms with E-state index in [0.717, 1.165) is 12.4 Å². The zero-order valence-electron chi connectivity index (χ0n) is 9.84. The molecule has 0 saturated carbocycles. The van der Waals surface area contributed by atoms with Crippen molar-refractivity contribution in [1.82, 2.24) is 9.97 Å². The van der Waals surface area contributed by atoms with Gasteiger partial charge in [0.15, 0.2) is 0 Å². The predicted molar refractivity (Wildman–Crippen MR) is 79.8 cm³/mol. The van der Waals surface area contributed by atoms with Gasteiger partial charge < -0.3 is 0 Å². The highest BCUT2D eigenvalue weighted by Crippen LogP contribution is 2.31. The van der Waals surface area contributed by atoms with Gasteiger partial charge in [0.1, 0.15) is 4.90 Å². The van der Waals surface area contributed by atoms with Crippen LogP contribution < -0.4 is 16.0 Å². The van der Waals surface area contributed by atoms with E-state index in [0.29, 0.717) is 15.2 Å². The van der Waals surface area contributed by atoms with E-state index in [-0.39, 0.29) is 10.8 Å². The van der Waals surface area contributed by atoms with Crippen molar-refractivity contribution in [2.45, 2.75) is 4.90 Å². The number of hydrogen-bond acceptors (Lipinski definition) is 6. The second kappa shape index (κ2) is 5.92. The van der Waals surface area contributed by atoms with E-state index < -0.39 is 10.0 Å². The Kier molecular flexibility index (Phi) is 4.43. The zero-order chi connectivity index (χ0) is 14.8. The first-order chi connectivity index (χ1) is 9.44. The van der Waals surface area contributed by atoms with Crippen molar-refractivity contribution in [1.29, 1.82) is 0 Å². The molecule has 0 aliphatic rings. The quantitative estimate of drug-likeness (QED) is 0.554. The Labute approximate surface area is 128 Å². The normalized spacial score (nSPS) is 11.2. The summed E-state index contributed by atoms with van der Waals surface area (Å²) in [6, 6.07) is 4.83. The Morgan fingerprint density at radius 1 is 1.25 bits per heavy atom. The molecule has 10 heteroatoms. The van der Waals surface area contributed by atoms with E-state index in [2.05, 4.69) is 36.0 Å². The van der Waals surface area contributed by atoms with Gasteiger partial charge in [-0.2, -0.15) is 0 Å². The summed E-state index contributed by atoms with van der Waals surface area (Å²) >= 11 is 9.11. The molecular weight excluding hydrogens is 370 g/mol. The molecule has 0 fully saturated rings. The van der Waals surface area contributed by atoms with E-state index in [1.165, 1.54) is 0 Å². The number of aromatic nitrogens is 2. The molecule has 2 rings (SSSR count). The van der Waals surface area contributed by atoms with Gasteiger partial charge in [0, 0.05) is 0 Å². The molecule has 0 spiro atoms. The average molecular weight is 379 g/mol. The Morgan fingerprint density at radius 3 is 2.50 bits per heavy atom. The molecule has 106 valence electrons. The van der Waals surface area contributed by atoms with Crippen LogP contribution in [0.3, 0.4) is 0 Å². The number of sulfonamides is 1. The lowest BCUT2D eigenvalue weighted by Crippen LogP contribution is -2.15. The third-order valence-corrected chi connectivity index (χ3v) is 4.98. The lowest BCUT2D eigenvalue weighted by atomic mass is 10.3. The fourth-order valence-corrected chi connectivity index (χ4v) is 2.95. The molecule has 4 N–H and O–H groups in total. The first kappa shape index (κ1) is 15.0. The third kappa shape index (κ3) is 3.18. The van der Waals surface area contributed by atoms with Crippen LogP contribution in [0.4, 0.5) is 11.6 Å². The highest BCUT2D eigenvalue weighted by Gasteiger charge is 2.17. The van der Waals surface area contributed by atoms with E-state index >= 15 is 0 Å². The van der Waals surface area contributed by atoms with Crippen molar-refractivity contribution >= 4 is 49.2 Å². The molecule has 7 nitrogen and oxygen atoms in total. The van der Waals surface area contributed by atoms with Gasteiger partial charge in [-0.15, -0.1) is 0 Å². The molecule has 1 heterocycles. The number of nitrogens with one attached hydrogen (secondary N) is 2. The van der Waals surface area contributed by atoms with Crippen LogP contribution in [0.1, 0.15) is 0 Å². The van der Waals surface area contributed by atoms with Crippen LogP contribution in [0.2, 0.25) is 5.02 Å². The minimum absolute atomic E-state index is 0.0941. The molecule has 0 amide bonds. The standard InChI is InChI=1S/C10H9BrClN5O2S/c11-9-7(12)2-1-3-8(9)17-20(18,19)6-4-14-10(16-13)15-5-6/h1-5,17H,13H2,(H,14,15,16).